The summed E-state index contributed by atoms with van der Waals surface area (Å²) in [5.41, 5.74) is 0.718. The number of aromatic hydroxyl groups is 2. The van der Waals surface area contributed by atoms with Gasteiger partial charge in [-0.3, -0.25) is 0 Å². The second kappa shape index (κ2) is 6.49. The van der Waals surface area contributed by atoms with Gasteiger partial charge >= 0.3 is 0 Å². The summed E-state index contributed by atoms with van der Waals surface area (Å²) in [5, 5.41) is 20.0. The molecular weight excluding hydrogens is 250 g/mol. The van der Waals surface area contributed by atoms with Crippen molar-refractivity contribution in [2.24, 2.45) is 0 Å². The molecule has 0 saturated carbocycles. The highest BCUT2D eigenvalue weighted by Gasteiger charge is 2.34. The Morgan fingerprint density at radius 1 is 1.10 bits per heavy atom. The second-order valence-corrected chi connectivity index (χ2v) is 6.41. The van der Waals surface area contributed by atoms with Gasteiger partial charge in [0.15, 0.2) is 0 Å². The summed E-state index contributed by atoms with van der Waals surface area (Å²) in [6, 6.07) is 5.53. The van der Waals surface area contributed by atoms with Crippen LogP contribution in [0, 0.1) is 0 Å². The van der Waals surface area contributed by atoms with E-state index >= 15 is 0 Å². The molecule has 1 fully saturated rings. The number of nitrogens with zero attached hydrogens (tertiary/aromatic N) is 1. The van der Waals surface area contributed by atoms with Gasteiger partial charge in [0.1, 0.15) is 11.5 Å². The number of likely N-dealkylation sites (N-methyl/N-ethyl adjacent to an activating group) is 1. The van der Waals surface area contributed by atoms with Crippen molar-refractivity contribution >= 4 is 0 Å². The first-order chi connectivity index (χ1) is 9.57. The lowest BCUT2D eigenvalue weighted by Gasteiger charge is -2.44. The van der Waals surface area contributed by atoms with Gasteiger partial charge in [-0.05, 0) is 37.8 Å². The minimum absolute atomic E-state index is 0.231. The van der Waals surface area contributed by atoms with E-state index in [2.05, 4.69) is 14.0 Å². The van der Waals surface area contributed by atoms with E-state index in [0.717, 1.165) is 29.3 Å². The zero-order valence-corrected chi connectivity index (χ0v) is 12.8. The fraction of sp³-hybridized carbons (Fsp3) is 0.647. The largest absolute Gasteiger partial charge is 0.508 e. The lowest BCUT2D eigenvalue weighted by Crippen LogP contribution is -2.55. The van der Waals surface area contributed by atoms with Gasteiger partial charge in [-0.15, -0.1) is 0 Å². The molecule has 0 spiro atoms. The molecule has 1 aromatic rings. The Morgan fingerprint density at radius 2 is 1.70 bits per heavy atom. The lowest BCUT2D eigenvalue weighted by molar-refractivity contribution is -0.938. The normalized spacial score (nSPS) is 19.7. The van der Waals surface area contributed by atoms with Crippen molar-refractivity contribution in [3.05, 3.63) is 23.8 Å². The third-order valence-electron chi connectivity index (χ3n) is 4.91. The number of benzene rings is 1. The number of hydrogen-bond donors (Lipinski definition) is 2. The molecule has 2 N–H and O–H groups in total. The van der Waals surface area contributed by atoms with Crippen LogP contribution in [0.5, 0.6) is 11.5 Å². The van der Waals surface area contributed by atoms with Crippen molar-refractivity contribution in [2.45, 2.75) is 51.5 Å². The first-order valence-corrected chi connectivity index (χ1v) is 7.91. The predicted octanol–water partition coefficient (Wildman–Crippen LogP) is 3.44. The Labute approximate surface area is 122 Å². The van der Waals surface area contributed by atoms with E-state index in [4.69, 9.17) is 0 Å². The van der Waals surface area contributed by atoms with Crippen LogP contribution in [0.25, 0.3) is 0 Å². The Bertz CT molecular complexity index is 418. The van der Waals surface area contributed by atoms with Gasteiger partial charge < -0.3 is 14.7 Å². The number of hydrogen-bond acceptors (Lipinski definition) is 2. The summed E-state index contributed by atoms with van der Waals surface area (Å²) in [4.78, 5) is 0. The number of rotatable bonds is 5. The lowest BCUT2D eigenvalue weighted by atomic mass is 9.94. The Hall–Kier alpha value is -1.22. The average Bonchev–Trinajstić information content (AvgIpc) is 2.42. The molecule has 0 aromatic heterocycles. The zero-order chi connectivity index (χ0) is 14.6. The molecule has 1 heterocycles. The van der Waals surface area contributed by atoms with Gasteiger partial charge in [0.2, 0.25) is 0 Å². The standard InChI is InChI=1S/C17H27NO2/c1-3-8-14(18(2)11-5-4-6-12-18)13-15-16(19)9-7-10-17(15)20/h7,9-10,14H,3-6,8,11-13H2,1-2H3,(H-,19,20)/p+1. The van der Waals surface area contributed by atoms with Crippen molar-refractivity contribution < 1.29 is 14.7 Å². The number of phenols is 2. The van der Waals surface area contributed by atoms with E-state index in [0.29, 0.717) is 6.04 Å². The fourth-order valence-electron chi connectivity index (χ4n) is 3.57. The maximum Gasteiger partial charge on any atom is 0.122 e. The van der Waals surface area contributed by atoms with E-state index < -0.39 is 0 Å². The number of phenolic OH excluding ortho intramolecular Hbond substituents is 2. The SMILES string of the molecule is CCCC(Cc1c(O)cccc1O)[N+]1(C)CCCCC1. The number of quaternary nitrogens is 1. The van der Waals surface area contributed by atoms with Crippen LogP contribution >= 0.6 is 0 Å². The van der Waals surface area contributed by atoms with Crippen LogP contribution in [0.15, 0.2) is 18.2 Å². The summed E-state index contributed by atoms with van der Waals surface area (Å²) >= 11 is 0. The van der Waals surface area contributed by atoms with Gasteiger partial charge in [0.05, 0.1) is 26.2 Å². The van der Waals surface area contributed by atoms with E-state index in [9.17, 15) is 10.2 Å². The summed E-state index contributed by atoms with van der Waals surface area (Å²) in [6.07, 6.45) is 6.99. The maximum atomic E-state index is 10.0. The molecule has 0 bridgehead atoms. The second-order valence-electron chi connectivity index (χ2n) is 6.41. The molecule has 1 aliphatic heterocycles. The molecule has 1 unspecified atom stereocenters. The van der Waals surface area contributed by atoms with Gasteiger partial charge in [-0.2, -0.15) is 0 Å². The molecule has 1 saturated heterocycles. The van der Waals surface area contributed by atoms with Gasteiger partial charge in [0, 0.05) is 12.0 Å². The van der Waals surface area contributed by atoms with Gasteiger partial charge in [0.25, 0.3) is 0 Å². The monoisotopic (exact) mass is 278 g/mol. The van der Waals surface area contributed by atoms with Crippen LogP contribution in [0.2, 0.25) is 0 Å². The summed E-state index contributed by atoms with van der Waals surface area (Å²) in [7, 11) is 2.34. The molecule has 3 nitrogen and oxygen atoms in total. The summed E-state index contributed by atoms with van der Waals surface area (Å²) in [6.45, 7) is 4.66. The van der Waals surface area contributed by atoms with Crippen molar-refractivity contribution in [2.75, 3.05) is 20.1 Å². The Morgan fingerprint density at radius 3 is 2.25 bits per heavy atom. The first-order valence-electron chi connectivity index (χ1n) is 7.91. The number of piperidine rings is 1. The molecule has 2 rings (SSSR count). The molecule has 20 heavy (non-hydrogen) atoms. The van der Waals surface area contributed by atoms with Crippen LogP contribution in [0.3, 0.4) is 0 Å². The van der Waals surface area contributed by atoms with E-state index in [1.54, 1.807) is 18.2 Å². The van der Waals surface area contributed by atoms with Gasteiger partial charge in [-0.25, -0.2) is 0 Å². The van der Waals surface area contributed by atoms with Crippen molar-refractivity contribution in [1.29, 1.82) is 0 Å². The van der Waals surface area contributed by atoms with Crippen LogP contribution < -0.4 is 0 Å². The Kier molecular flexibility index (Phi) is 4.92. The van der Waals surface area contributed by atoms with Crippen molar-refractivity contribution in [3.8, 4) is 11.5 Å². The quantitative estimate of drug-likeness (QED) is 0.810. The highest BCUT2D eigenvalue weighted by Crippen LogP contribution is 2.32. The maximum absolute atomic E-state index is 10.0. The van der Waals surface area contributed by atoms with Crippen molar-refractivity contribution in [3.63, 3.8) is 0 Å². The number of likely N-dealkylation sites (tertiary alicyclic amines) is 1. The molecule has 112 valence electrons. The predicted molar refractivity (Wildman–Crippen MR) is 81.9 cm³/mol. The molecule has 1 aliphatic rings. The third kappa shape index (κ3) is 3.26. The van der Waals surface area contributed by atoms with Crippen LogP contribution in [-0.2, 0) is 6.42 Å². The third-order valence-corrected chi connectivity index (χ3v) is 4.91. The first kappa shape index (κ1) is 15.2. The Balaban J connectivity index is 2.20. The summed E-state index contributed by atoms with van der Waals surface area (Å²) in [5.74, 6) is 0.462. The molecule has 0 radical (unpaired) electrons. The minimum Gasteiger partial charge on any atom is -0.508 e. The summed E-state index contributed by atoms with van der Waals surface area (Å²) < 4.78 is 1.08. The van der Waals surface area contributed by atoms with E-state index in [1.165, 1.54) is 32.4 Å². The minimum atomic E-state index is 0.231. The fourth-order valence-corrected chi connectivity index (χ4v) is 3.57. The zero-order valence-electron chi connectivity index (χ0n) is 12.8. The van der Waals surface area contributed by atoms with Crippen molar-refractivity contribution in [1.82, 2.24) is 0 Å². The van der Waals surface area contributed by atoms with E-state index in [-0.39, 0.29) is 11.5 Å². The molecule has 1 aromatic carbocycles. The van der Waals surface area contributed by atoms with Crippen LogP contribution in [0.4, 0.5) is 0 Å². The average molecular weight is 278 g/mol. The topological polar surface area (TPSA) is 40.5 Å². The molecule has 0 aliphatic carbocycles. The molecular formula is C17H28NO2+. The molecule has 0 amide bonds. The van der Waals surface area contributed by atoms with Crippen LogP contribution in [-0.4, -0.2) is 40.9 Å². The highest BCUT2D eigenvalue weighted by molar-refractivity contribution is 5.43. The highest BCUT2D eigenvalue weighted by atomic mass is 16.3. The van der Waals surface area contributed by atoms with E-state index in [1.807, 2.05) is 0 Å². The van der Waals surface area contributed by atoms with Gasteiger partial charge in [-0.1, -0.05) is 19.4 Å². The van der Waals surface area contributed by atoms with Crippen LogP contribution in [0.1, 0.15) is 44.6 Å². The molecule has 3 heteroatoms. The molecule has 1 atom stereocenters. The smallest absolute Gasteiger partial charge is 0.122 e.